The highest BCUT2D eigenvalue weighted by molar-refractivity contribution is 8.00. The molecular formula is C25H30Cl2N2O2S. The summed E-state index contributed by atoms with van der Waals surface area (Å²) >= 11 is 13.8. The zero-order chi connectivity index (χ0) is 22.9. The number of hydrogen-bond donors (Lipinski definition) is 1. The van der Waals surface area contributed by atoms with E-state index in [2.05, 4.69) is 5.32 Å². The van der Waals surface area contributed by atoms with Crippen LogP contribution < -0.4 is 5.32 Å². The van der Waals surface area contributed by atoms with Gasteiger partial charge in [-0.15, -0.1) is 11.8 Å². The van der Waals surface area contributed by atoms with Crippen LogP contribution in [-0.4, -0.2) is 34.6 Å². The Labute approximate surface area is 205 Å². The lowest BCUT2D eigenvalue weighted by Crippen LogP contribution is -2.52. The predicted octanol–water partition coefficient (Wildman–Crippen LogP) is 6.34. The van der Waals surface area contributed by atoms with Crippen molar-refractivity contribution in [3.8, 4) is 0 Å². The minimum absolute atomic E-state index is 0.0729. The molecule has 0 heterocycles. The van der Waals surface area contributed by atoms with Crippen molar-refractivity contribution in [3.05, 3.63) is 64.1 Å². The van der Waals surface area contributed by atoms with Crippen LogP contribution in [0.2, 0.25) is 10.0 Å². The number of halogens is 2. The predicted molar refractivity (Wildman–Crippen MR) is 133 cm³/mol. The molecule has 32 heavy (non-hydrogen) atoms. The normalized spacial score (nSPS) is 15.2. The molecule has 2 aromatic carbocycles. The molecule has 3 rings (SSSR count). The molecule has 2 aromatic rings. The second-order valence-electron chi connectivity index (χ2n) is 8.12. The fraction of sp³-hybridized carbons (Fsp3) is 0.440. The first-order chi connectivity index (χ1) is 15.5. The van der Waals surface area contributed by atoms with Gasteiger partial charge in [0.05, 0.1) is 5.75 Å². The average Bonchev–Trinajstić information content (AvgIpc) is 2.80. The number of nitrogens with zero attached hydrogens (tertiary/aromatic N) is 1. The number of benzene rings is 2. The summed E-state index contributed by atoms with van der Waals surface area (Å²) < 4.78 is 0. The topological polar surface area (TPSA) is 49.4 Å². The number of rotatable bonds is 9. The van der Waals surface area contributed by atoms with E-state index < -0.39 is 6.04 Å². The van der Waals surface area contributed by atoms with Crippen molar-refractivity contribution >= 4 is 46.8 Å². The summed E-state index contributed by atoms with van der Waals surface area (Å²) in [5.41, 5.74) is 0.836. The van der Waals surface area contributed by atoms with Crippen LogP contribution in [0.15, 0.2) is 53.4 Å². The maximum Gasteiger partial charge on any atom is 0.243 e. The molecule has 1 saturated carbocycles. The van der Waals surface area contributed by atoms with Gasteiger partial charge in [0.2, 0.25) is 11.8 Å². The molecule has 0 aromatic heterocycles. The first-order valence-electron chi connectivity index (χ1n) is 11.2. The number of carbonyl (C=O) groups is 2. The number of nitrogens with one attached hydrogen (secondary N) is 1. The summed E-state index contributed by atoms with van der Waals surface area (Å²) in [5, 5.41) is 4.45. The van der Waals surface area contributed by atoms with E-state index >= 15 is 0 Å². The van der Waals surface area contributed by atoms with Crippen molar-refractivity contribution in [3.63, 3.8) is 0 Å². The van der Waals surface area contributed by atoms with Crippen molar-refractivity contribution in [2.75, 3.05) is 5.75 Å². The van der Waals surface area contributed by atoms with Crippen LogP contribution in [0.4, 0.5) is 0 Å². The Morgan fingerprint density at radius 2 is 1.75 bits per heavy atom. The molecule has 1 aliphatic carbocycles. The fourth-order valence-corrected chi connectivity index (χ4v) is 5.14. The van der Waals surface area contributed by atoms with E-state index in [9.17, 15) is 9.59 Å². The second-order valence-corrected chi connectivity index (χ2v) is 10.0. The third-order valence-corrected chi connectivity index (χ3v) is 7.43. The van der Waals surface area contributed by atoms with Gasteiger partial charge in [-0.05, 0) is 55.2 Å². The number of amides is 2. The van der Waals surface area contributed by atoms with Gasteiger partial charge in [0.25, 0.3) is 0 Å². The molecule has 0 bridgehead atoms. The van der Waals surface area contributed by atoms with E-state index in [0.29, 0.717) is 23.0 Å². The molecule has 0 aliphatic heterocycles. The smallest absolute Gasteiger partial charge is 0.243 e. The second kappa shape index (κ2) is 12.5. The Hall–Kier alpha value is -1.69. The lowest BCUT2D eigenvalue weighted by molar-refractivity contribution is -0.139. The Morgan fingerprint density at radius 3 is 2.41 bits per heavy atom. The highest BCUT2D eigenvalue weighted by Crippen LogP contribution is 2.24. The van der Waals surface area contributed by atoms with Gasteiger partial charge >= 0.3 is 0 Å². The van der Waals surface area contributed by atoms with E-state index in [1.54, 1.807) is 4.90 Å². The third-order valence-electron chi connectivity index (χ3n) is 5.81. The van der Waals surface area contributed by atoms with E-state index in [0.717, 1.165) is 36.1 Å². The maximum atomic E-state index is 13.4. The van der Waals surface area contributed by atoms with Gasteiger partial charge in [-0.1, -0.05) is 67.6 Å². The summed E-state index contributed by atoms with van der Waals surface area (Å²) in [7, 11) is 0. The Balaban J connectivity index is 1.75. The zero-order valence-electron chi connectivity index (χ0n) is 18.4. The quantitative estimate of drug-likeness (QED) is 0.415. The number of thioether (sulfide) groups is 1. The first kappa shape index (κ1) is 24.9. The molecule has 0 saturated heterocycles. The summed E-state index contributed by atoms with van der Waals surface area (Å²) in [5.74, 6) is 0.0750. The fourth-order valence-electron chi connectivity index (χ4n) is 4.03. The van der Waals surface area contributed by atoms with Gasteiger partial charge in [-0.2, -0.15) is 0 Å². The Kier molecular flexibility index (Phi) is 9.76. The molecule has 2 amide bonds. The van der Waals surface area contributed by atoms with Crippen molar-refractivity contribution in [2.24, 2.45) is 0 Å². The first-order valence-corrected chi connectivity index (χ1v) is 12.9. The molecule has 0 unspecified atom stereocenters. The van der Waals surface area contributed by atoms with E-state index in [-0.39, 0.29) is 23.6 Å². The van der Waals surface area contributed by atoms with Crippen molar-refractivity contribution in [1.29, 1.82) is 0 Å². The largest absolute Gasteiger partial charge is 0.352 e. The Morgan fingerprint density at radius 1 is 1.06 bits per heavy atom. The van der Waals surface area contributed by atoms with Gasteiger partial charge in [0.15, 0.2) is 0 Å². The standard InChI is InChI=1S/C25H30Cl2N2O2S/c1-2-23(25(31)28-20-9-4-3-5-10-20)29(16-18-8-6-7-11-22(18)27)24(30)17-32-21-14-12-19(26)13-15-21/h6-8,11-15,20,23H,2-5,9-10,16-17H2,1H3,(H,28,31)/t23-/m0/s1. The van der Waals surface area contributed by atoms with Crippen LogP contribution in [0.25, 0.3) is 0 Å². The zero-order valence-corrected chi connectivity index (χ0v) is 20.7. The maximum absolute atomic E-state index is 13.4. The molecule has 172 valence electrons. The van der Waals surface area contributed by atoms with Crippen LogP contribution >= 0.6 is 35.0 Å². The molecule has 7 heteroatoms. The van der Waals surface area contributed by atoms with Gasteiger partial charge < -0.3 is 10.2 Å². The molecule has 1 fully saturated rings. The number of hydrogen-bond acceptors (Lipinski definition) is 3. The van der Waals surface area contributed by atoms with Crippen LogP contribution in [0.3, 0.4) is 0 Å². The summed E-state index contributed by atoms with van der Waals surface area (Å²) in [6.45, 7) is 2.25. The minimum Gasteiger partial charge on any atom is -0.352 e. The summed E-state index contributed by atoms with van der Waals surface area (Å²) in [4.78, 5) is 29.2. The highest BCUT2D eigenvalue weighted by atomic mass is 35.5. The molecule has 1 aliphatic rings. The highest BCUT2D eigenvalue weighted by Gasteiger charge is 2.30. The van der Waals surface area contributed by atoms with Gasteiger partial charge in [0.1, 0.15) is 6.04 Å². The van der Waals surface area contributed by atoms with Crippen molar-refractivity contribution in [1.82, 2.24) is 10.2 Å². The monoisotopic (exact) mass is 492 g/mol. The lowest BCUT2D eigenvalue weighted by Gasteiger charge is -2.33. The van der Waals surface area contributed by atoms with E-state index in [1.807, 2.05) is 55.5 Å². The molecule has 1 N–H and O–H groups in total. The summed E-state index contributed by atoms with van der Waals surface area (Å²) in [6.07, 6.45) is 6.06. The van der Waals surface area contributed by atoms with Crippen molar-refractivity contribution < 1.29 is 9.59 Å². The molecule has 1 atom stereocenters. The summed E-state index contributed by atoms with van der Waals surface area (Å²) in [6, 6.07) is 14.5. The van der Waals surface area contributed by atoms with Crippen LogP contribution in [0, 0.1) is 0 Å². The molecule has 4 nitrogen and oxygen atoms in total. The molecular weight excluding hydrogens is 463 g/mol. The van der Waals surface area contributed by atoms with Crippen molar-refractivity contribution in [2.45, 2.75) is 69.0 Å². The minimum atomic E-state index is -0.536. The van der Waals surface area contributed by atoms with Gasteiger partial charge in [0, 0.05) is 27.5 Å². The molecule has 0 radical (unpaired) electrons. The van der Waals surface area contributed by atoms with Crippen LogP contribution in [-0.2, 0) is 16.1 Å². The van der Waals surface area contributed by atoms with Crippen LogP contribution in [0.1, 0.15) is 51.0 Å². The van der Waals surface area contributed by atoms with Gasteiger partial charge in [-0.3, -0.25) is 9.59 Å². The van der Waals surface area contributed by atoms with E-state index in [1.165, 1.54) is 18.2 Å². The lowest BCUT2D eigenvalue weighted by atomic mass is 9.95. The SMILES string of the molecule is CC[C@@H](C(=O)NC1CCCCC1)N(Cc1ccccc1Cl)C(=O)CSc1ccc(Cl)cc1. The Bertz CT molecular complexity index is 901. The number of carbonyl (C=O) groups excluding carboxylic acids is 2. The average molecular weight is 494 g/mol. The van der Waals surface area contributed by atoms with Gasteiger partial charge in [-0.25, -0.2) is 0 Å². The van der Waals surface area contributed by atoms with E-state index in [4.69, 9.17) is 23.2 Å². The third kappa shape index (κ3) is 7.16. The van der Waals surface area contributed by atoms with Crippen LogP contribution in [0.5, 0.6) is 0 Å². The molecule has 0 spiro atoms.